The topological polar surface area (TPSA) is 97.1 Å². The molecule has 1 aromatic heterocycles. The minimum Gasteiger partial charge on any atom is -0.365 e. The minimum absolute atomic E-state index is 0.0257. The van der Waals surface area contributed by atoms with E-state index in [9.17, 15) is 18.4 Å². The third-order valence-corrected chi connectivity index (χ3v) is 6.44. The van der Waals surface area contributed by atoms with Gasteiger partial charge in [0.15, 0.2) is 11.6 Å². The number of carbonyl (C=O) groups excluding carboxylic acids is 2. The highest BCUT2D eigenvalue weighted by molar-refractivity contribution is 7.98. The fourth-order valence-corrected chi connectivity index (χ4v) is 4.61. The number of amides is 3. The third-order valence-electron chi connectivity index (χ3n) is 4.52. The first-order valence-corrected chi connectivity index (χ1v) is 11.0. The monoisotopic (exact) mass is 462 g/mol. The van der Waals surface area contributed by atoms with Gasteiger partial charge in [-0.25, -0.2) is 13.6 Å². The van der Waals surface area contributed by atoms with E-state index in [-0.39, 0.29) is 17.1 Å². The van der Waals surface area contributed by atoms with Crippen molar-refractivity contribution in [2.45, 2.75) is 31.2 Å². The number of rotatable bonds is 7. The van der Waals surface area contributed by atoms with Crippen LogP contribution in [0.15, 0.2) is 41.4 Å². The summed E-state index contributed by atoms with van der Waals surface area (Å²) in [5.41, 5.74) is 9.48. The summed E-state index contributed by atoms with van der Waals surface area (Å²) in [7, 11) is 0. The average Bonchev–Trinajstić information content (AvgIpc) is 3.12. The van der Waals surface area contributed by atoms with Gasteiger partial charge in [-0.05, 0) is 59.8 Å². The molecule has 3 aromatic rings. The Balaban J connectivity index is 1.65. The van der Waals surface area contributed by atoms with Crippen LogP contribution >= 0.6 is 23.3 Å². The van der Waals surface area contributed by atoms with E-state index in [1.165, 1.54) is 29.0 Å². The van der Waals surface area contributed by atoms with E-state index in [1.807, 2.05) is 26.0 Å². The summed E-state index contributed by atoms with van der Waals surface area (Å²) in [4.78, 5) is 24.2. The second-order valence-electron chi connectivity index (χ2n) is 6.82. The summed E-state index contributed by atoms with van der Waals surface area (Å²) < 4.78 is 30.5. The number of nitrogens with one attached hydrogen (secondary N) is 2. The molecule has 2 aromatic carbocycles. The lowest BCUT2D eigenvalue weighted by Crippen LogP contribution is -2.29. The lowest BCUT2D eigenvalue weighted by atomic mass is 10.1. The molecule has 162 valence electrons. The molecule has 0 aliphatic rings. The second-order valence-corrected chi connectivity index (χ2v) is 8.56. The van der Waals surface area contributed by atoms with Crippen molar-refractivity contribution in [3.8, 4) is 0 Å². The normalized spacial score (nSPS) is 10.7. The molecule has 10 heteroatoms. The molecule has 0 fully saturated rings. The van der Waals surface area contributed by atoms with Crippen LogP contribution < -0.4 is 16.4 Å². The van der Waals surface area contributed by atoms with Crippen molar-refractivity contribution in [1.82, 2.24) is 9.69 Å². The Hall–Kier alpha value is -2.98. The zero-order valence-corrected chi connectivity index (χ0v) is 18.4. The number of benzene rings is 2. The fraction of sp³-hybridized carbons (Fsp3) is 0.190. The smallest absolute Gasteiger partial charge is 0.320 e. The number of aryl methyl sites for hydroxylation is 2. The van der Waals surface area contributed by atoms with Crippen LogP contribution in [0, 0.1) is 25.5 Å². The molecule has 6 nitrogen and oxygen atoms in total. The SMILES string of the molecule is Cc1ccc(CSc2nsc(NC(=O)NCc3ccc(F)c(F)c3)c2C(N)=O)cc1C. The number of anilines is 1. The lowest BCUT2D eigenvalue weighted by molar-refractivity contribution is 0.0998. The number of nitrogens with zero attached hydrogens (tertiary/aromatic N) is 1. The zero-order chi connectivity index (χ0) is 22.5. The quantitative estimate of drug-likeness (QED) is 0.442. The molecular formula is C21H20F2N4O2S2. The van der Waals surface area contributed by atoms with Crippen molar-refractivity contribution < 1.29 is 18.4 Å². The number of halogens is 2. The van der Waals surface area contributed by atoms with Crippen molar-refractivity contribution in [3.63, 3.8) is 0 Å². The van der Waals surface area contributed by atoms with Crippen LogP contribution in [0.5, 0.6) is 0 Å². The summed E-state index contributed by atoms with van der Waals surface area (Å²) >= 11 is 2.30. The molecule has 31 heavy (non-hydrogen) atoms. The number of hydrogen-bond acceptors (Lipinski definition) is 5. The zero-order valence-electron chi connectivity index (χ0n) is 16.8. The van der Waals surface area contributed by atoms with E-state index in [0.717, 1.165) is 29.2 Å². The predicted octanol–water partition coefficient (Wildman–Crippen LogP) is 4.75. The van der Waals surface area contributed by atoms with Crippen LogP contribution in [-0.4, -0.2) is 16.3 Å². The van der Waals surface area contributed by atoms with Gasteiger partial charge in [0.05, 0.1) is 0 Å². The number of carbonyl (C=O) groups is 2. The Morgan fingerprint density at radius 3 is 2.48 bits per heavy atom. The van der Waals surface area contributed by atoms with Crippen molar-refractivity contribution in [1.29, 1.82) is 0 Å². The molecule has 0 unspecified atom stereocenters. The Morgan fingerprint density at radius 1 is 1.06 bits per heavy atom. The number of thioether (sulfide) groups is 1. The molecule has 0 aliphatic carbocycles. The van der Waals surface area contributed by atoms with Gasteiger partial charge in [0.2, 0.25) is 0 Å². The van der Waals surface area contributed by atoms with E-state index >= 15 is 0 Å². The van der Waals surface area contributed by atoms with Gasteiger partial charge in [-0.2, -0.15) is 4.37 Å². The van der Waals surface area contributed by atoms with Gasteiger partial charge in [-0.15, -0.1) is 0 Å². The maximum absolute atomic E-state index is 13.3. The van der Waals surface area contributed by atoms with E-state index in [0.29, 0.717) is 16.3 Å². The van der Waals surface area contributed by atoms with Gasteiger partial charge < -0.3 is 11.1 Å². The van der Waals surface area contributed by atoms with E-state index in [1.54, 1.807) is 0 Å². The Bertz CT molecular complexity index is 1130. The van der Waals surface area contributed by atoms with Gasteiger partial charge in [-0.1, -0.05) is 36.0 Å². The standard InChI is InChI=1S/C21H20F2N4O2S2/c1-11-3-4-14(7-12(11)2)10-30-20-17(18(24)28)19(31-27-20)26-21(29)25-9-13-5-6-15(22)16(23)8-13/h3-8H,9-10H2,1-2H3,(H2,24,28)(H2,25,26,29). The molecule has 0 saturated carbocycles. The van der Waals surface area contributed by atoms with Gasteiger partial charge >= 0.3 is 6.03 Å². The second kappa shape index (κ2) is 9.88. The van der Waals surface area contributed by atoms with Crippen molar-refractivity contribution >= 4 is 40.2 Å². The van der Waals surface area contributed by atoms with Crippen LogP contribution in [0.3, 0.4) is 0 Å². The van der Waals surface area contributed by atoms with E-state index in [2.05, 4.69) is 21.1 Å². The van der Waals surface area contributed by atoms with Gasteiger partial charge in [0.25, 0.3) is 5.91 Å². The molecule has 3 amide bonds. The predicted molar refractivity (Wildman–Crippen MR) is 118 cm³/mol. The Kier molecular flexibility index (Phi) is 7.24. The number of hydrogen-bond donors (Lipinski definition) is 3. The average molecular weight is 463 g/mol. The molecule has 4 N–H and O–H groups in total. The van der Waals surface area contributed by atoms with Crippen LogP contribution in [0.1, 0.15) is 32.6 Å². The Morgan fingerprint density at radius 2 is 1.81 bits per heavy atom. The summed E-state index contributed by atoms with van der Waals surface area (Å²) in [6.45, 7) is 4.04. The van der Waals surface area contributed by atoms with Gasteiger partial charge in [0, 0.05) is 12.3 Å². The highest BCUT2D eigenvalue weighted by Crippen LogP contribution is 2.33. The molecule has 3 rings (SSSR count). The largest absolute Gasteiger partial charge is 0.365 e. The molecule has 0 atom stereocenters. The highest BCUT2D eigenvalue weighted by atomic mass is 32.2. The van der Waals surface area contributed by atoms with E-state index < -0.39 is 23.6 Å². The van der Waals surface area contributed by atoms with Crippen molar-refractivity contribution in [2.24, 2.45) is 5.73 Å². The first-order chi connectivity index (χ1) is 14.7. The van der Waals surface area contributed by atoms with Crippen LogP contribution in [0.2, 0.25) is 0 Å². The maximum Gasteiger partial charge on any atom is 0.320 e. The lowest BCUT2D eigenvalue weighted by Gasteiger charge is -2.08. The van der Waals surface area contributed by atoms with Crippen LogP contribution in [0.25, 0.3) is 0 Å². The molecule has 1 heterocycles. The van der Waals surface area contributed by atoms with Gasteiger partial charge in [0.1, 0.15) is 15.6 Å². The van der Waals surface area contributed by atoms with E-state index in [4.69, 9.17) is 5.73 Å². The number of primary amides is 1. The minimum atomic E-state index is -0.997. The van der Waals surface area contributed by atoms with Crippen molar-refractivity contribution in [3.05, 3.63) is 75.8 Å². The fourth-order valence-electron chi connectivity index (χ4n) is 2.70. The number of nitrogens with two attached hydrogens (primary N) is 1. The summed E-state index contributed by atoms with van der Waals surface area (Å²) in [5, 5.41) is 5.72. The molecule has 0 spiro atoms. The molecule has 0 radical (unpaired) electrons. The number of urea groups is 1. The van der Waals surface area contributed by atoms with Crippen molar-refractivity contribution in [2.75, 3.05) is 5.32 Å². The first-order valence-electron chi connectivity index (χ1n) is 9.21. The third kappa shape index (κ3) is 5.80. The summed E-state index contributed by atoms with van der Waals surface area (Å²) in [5.74, 6) is -2.07. The molecular weight excluding hydrogens is 442 g/mol. The van der Waals surface area contributed by atoms with Gasteiger partial charge in [-0.3, -0.25) is 10.1 Å². The summed E-state index contributed by atoms with van der Waals surface area (Å²) in [6, 6.07) is 8.84. The highest BCUT2D eigenvalue weighted by Gasteiger charge is 2.21. The first kappa shape index (κ1) is 22.7. The number of aromatic nitrogens is 1. The molecule has 0 saturated heterocycles. The molecule has 0 bridgehead atoms. The molecule has 0 aliphatic heterocycles. The summed E-state index contributed by atoms with van der Waals surface area (Å²) in [6.07, 6.45) is 0. The van der Waals surface area contributed by atoms with Crippen LogP contribution in [0.4, 0.5) is 18.6 Å². The van der Waals surface area contributed by atoms with Crippen LogP contribution in [-0.2, 0) is 12.3 Å². The Labute approximate surface area is 186 Å². The maximum atomic E-state index is 13.3.